The predicted octanol–water partition coefficient (Wildman–Crippen LogP) is 4.21. The molecule has 0 atom stereocenters. The van der Waals surface area contributed by atoms with Crippen molar-refractivity contribution in [2.75, 3.05) is 4.90 Å². The average Bonchev–Trinajstić information content (AvgIpc) is 2.17. The Morgan fingerprint density at radius 1 is 1.44 bits per heavy atom. The van der Waals surface area contributed by atoms with Crippen LogP contribution < -0.4 is 4.90 Å². The van der Waals surface area contributed by atoms with Crippen molar-refractivity contribution in [3.63, 3.8) is 0 Å². The molecule has 1 aromatic rings. The third-order valence-corrected chi connectivity index (χ3v) is 2.62. The number of hydrogen-bond donors (Lipinski definition) is 0. The van der Waals surface area contributed by atoms with Crippen LogP contribution >= 0.6 is 11.6 Å². The Morgan fingerprint density at radius 3 is 2.62 bits per heavy atom. The summed E-state index contributed by atoms with van der Waals surface area (Å²) in [5.74, 6) is 0. The molecule has 0 aliphatic carbocycles. The summed E-state index contributed by atoms with van der Waals surface area (Å²) in [6.45, 7) is 6.04. The Labute approximate surface area is 102 Å². The number of halogens is 1. The van der Waals surface area contributed by atoms with Crippen molar-refractivity contribution in [3.05, 3.63) is 29.8 Å². The minimum Gasteiger partial charge on any atom is -0.296 e. The molecule has 0 aromatic heterocycles. The first-order valence-electron chi connectivity index (χ1n) is 5.64. The molecule has 0 unspecified atom stereocenters. The molecule has 0 N–H and O–H groups in total. The minimum atomic E-state index is -0.427. The number of nitrogens with zero attached hydrogens (tertiary/aromatic N) is 1. The van der Waals surface area contributed by atoms with Crippen LogP contribution in [-0.4, -0.2) is 11.4 Å². The molecule has 0 radical (unpaired) electrons. The molecule has 0 bridgehead atoms. The molecular weight excluding hydrogens is 222 g/mol. The Kier molecular flexibility index (Phi) is 4.81. The van der Waals surface area contributed by atoms with Gasteiger partial charge in [-0.25, -0.2) is 0 Å². The Bertz CT molecular complexity index is 363. The van der Waals surface area contributed by atoms with Crippen LogP contribution in [0.4, 0.5) is 10.5 Å². The topological polar surface area (TPSA) is 20.3 Å². The Morgan fingerprint density at radius 2 is 2.12 bits per heavy atom. The van der Waals surface area contributed by atoms with Crippen LogP contribution in [0.5, 0.6) is 0 Å². The van der Waals surface area contributed by atoms with Gasteiger partial charge in [0, 0.05) is 11.7 Å². The van der Waals surface area contributed by atoms with Gasteiger partial charge in [-0.05, 0) is 49.6 Å². The van der Waals surface area contributed by atoms with Gasteiger partial charge in [0.25, 0.3) is 0 Å². The lowest BCUT2D eigenvalue weighted by Crippen LogP contribution is -2.32. The Balaban J connectivity index is 3.00. The van der Waals surface area contributed by atoms with Crippen LogP contribution in [0.25, 0.3) is 0 Å². The molecular formula is C13H18ClNO. The zero-order chi connectivity index (χ0) is 12.1. The normalized spacial score (nSPS) is 10.6. The van der Waals surface area contributed by atoms with Crippen LogP contribution in [0.15, 0.2) is 24.3 Å². The number of carbonyl (C=O) groups excluding carboxylic acids is 1. The maximum absolute atomic E-state index is 11.3. The lowest BCUT2D eigenvalue weighted by molar-refractivity contribution is 0.263. The number of anilines is 1. The number of aryl methyl sites for hydroxylation is 1. The first-order valence-corrected chi connectivity index (χ1v) is 6.01. The molecule has 0 spiro atoms. The fraction of sp³-hybridized carbons (Fsp3) is 0.462. The van der Waals surface area contributed by atoms with Crippen LogP contribution in [0.1, 0.15) is 32.8 Å². The molecule has 1 amide bonds. The first-order chi connectivity index (χ1) is 7.56. The van der Waals surface area contributed by atoms with Crippen molar-refractivity contribution in [2.24, 2.45) is 0 Å². The highest BCUT2D eigenvalue weighted by Gasteiger charge is 2.16. The van der Waals surface area contributed by atoms with Gasteiger partial charge in [0.1, 0.15) is 0 Å². The van der Waals surface area contributed by atoms with E-state index in [1.807, 2.05) is 32.0 Å². The largest absolute Gasteiger partial charge is 0.321 e. The van der Waals surface area contributed by atoms with E-state index in [0.717, 1.165) is 18.5 Å². The number of hydrogen-bond acceptors (Lipinski definition) is 1. The summed E-state index contributed by atoms with van der Waals surface area (Å²) in [5.41, 5.74) is 2.12. The molecule has 0 aliphatic rings. The fourth-order valence-electron chi connectivity index (χ4n) is 1.75. The molecule has 0 heterocycles. The van der Waals surface area contributed by atoms with Gasteiger partial charge >= 0.3 is 5.37 Å². The van der Waals surface area contributed by atoms with E-state index in [1.54, 1.807) is 4.90 Å². The maximum atomic E-state index is 11.3. The quantitative estimate of drug-likeness (QED) is 0.569. The van der Waals surface area contributed by atoms with Gasteiger partial charge in [0.15, 0.2) is 0 Å². The first kappa shape index (κ1) is 13.0. The summed E-state index contributed by atoms with van der Waals surface area (Å²) in [4.78, 5) is 12.9. The second-order valence-corrected chi connectivity index (χ2v) is 4.46. The van der Waals surface area contributed by atoms with Gasteiger partial charge in [0.05, 0.1) is 0 Å². The smallest absolute Gasteiger partial charge is 0.296 e. The van der Waals surface area contributed by atoms with Gasteiger partial charge in [-0.15, -0.1) is 0 Å². The SMILES string of the molecule is CCCc1cccc(N(C(=O)Cl)C(C)C)c1. The van der Waals surface area contributed by atoms with E-state index in [2.05, 4.69) is 13.0 Å². The predicted molar refractivity (Wildman–Crippen MR) is 69.3 cm³/mol. The number of rotatable bonds is 4. The molecule has 88 valence electrons. The van der Waals surface area contributed by atoms with E-state index in [-0.39, 0.29) is 6.04 Å². The van der Waals surface area contributed by atoms with Crippen LogP contribution in [0.2, 0.25) is 0 Å². The molecule has 0 fully saturated rings. The zero-order valence-electron chi connectivity index (χ0n) is 10.0. The molecule has 3 heteroatoms. The second kappa shape index (κ2) is 5.90. The van der Waals surface area contributed by atoms with E-state index in [0.29, 0.717) is 0 Å². The van der Waals surface area contributed by atoms with Gasteiger partial charge in [-0.2, -0.15) is 0 Å². The third-order valence-electron chi connectivity index (χ3n) is 2.43. The van der Waals surface area contributed by atoms with Crippen molar-refractivity contribution in [2.45, 2.75) is 39.7 Å². The van der Waals surface area contributed by atoms with Crippen molar-refractivity contribution in [1.29, 1.82) is 0 Å². The minimum absolute atomic E-state index is 0.0712. The standard InChI is InChI=1S/C13H18ClNO/c1-4-6-11-7-5-8-12(9-11)15(10(2)3)13(14)16/h5,7-10H,4,6H2,1-3H3. The highest BCUT2D eigenvalue weighted by Crippen LogP contribution is 2.21. The lowest BCUT2D eigenvalue weighted by atomic mass is 10.1. The lowest BCUT2D eigenvalue weighted by Gasteiger charge is -2.24. The van der Waals surface area contributed by atoms with Crippen molar-refractivity contribution in [3.8, 4) is 0 Å². The molecule has 0 saturated heterocycles. The van der Waals surface area contributed by atoms with E-state index >= 15 is 0 Å². The Hall–Kier alpha value is -1.02. The summed E-state index contributed by atoms with van der Waals surface area (Å²) < 4.78 is 0. The molecule has 16 heavy (non-hydrogen) atoms. The van der Waals surface area contributed by atoms with Gasteiger partial charge < -0.3 is 0 Å². The zero-order valence-corrected chi connectivity index (χ0v) is 10.8. The summed E-state index contributed by atoms with van der Waals surface area (Å²) in [7, 11) is 0. The van der Waals surface area contributed by atoms with Crippen LogP contribution in [0, 0.1) is 0 Å². The van der Waals surface area contributed by atoms with E-state index in [4.69, 9.17) is 11.6 Å². The van der Waals surface area contributed by atoms with E-state index in [9.17, 15) is 4.79 Å². The summed E-state index contributed by atoms with van der Waals surface area (Å²) in [5, 5.41) is -0.427. The van der Waals surface area contributed by atoms with Gasteiger partial charge in [0.2, 0.25) is 0 Å². The van der Waals surface area contributed by atoms with Gasteiger partial charge in [-0.3, -0.25) is 9.69 Å². The van der Waals surface area contributed by atoms with Crippen molar-refractivity contribution >= 4 is 22.7 Å². The fourth-order valence-corrected chi connectivity index (χ4v) is 2.05. The van der Waals surface area contributed by atoms with Crippen molar-refractivity contribution < 1.29 is 4.79 Å². The number of amides is 1. The number of benzene rings is 1. The van der Waals surface area contributed by atoms with Crippen LogP contribution in [-0.2, 0) is 6.42 Å². The molecule has 0 aliphatic heterocycles. The van der Waals surface area contributed by atoms with E-state index in [1.165, 1.54) is 5.56 Å². The van der Waals surface area contributed by atoms with Gasteiger partial charge in [-0.1, -0.05) is 25.5 Å². The van der Waals surface area contributed by atoms with Crippen molar-refractivity contribution in [1.82, 2.24) is 0 Å². The monoisotopic (exact) mass is 239 g/mol. The molecule has 1 rings (SSSR count). The third kappa shape index (κ3) is 3.24. The second-order valence-electron chi connectivity index (χ2n) is 4.14. The summed E-state index contributed by atoms with van der Waals surface area (Å²) >= 11 is 5.59. The molecule has 2 nitrogen and oxygen atoms in total. The molecule has 1 aromatic carbocycles. The van der Waals surface area contributed by atoms with E-state index < -0.39 is 5.37 Å². The van der Waals surface area contributed by atoms with Crippen LogP contribution in [0.3, 0.4) is 0 Å². The highest BCUT2D eigenvalue weighted by molar-refractivity contribution is 6.66. The summed E-state index contributed by atoms with van der Waals surface area (Å²) in [6, 6.07) is 8.06. The molecule has 0 saturated carbocycles. The summed E-state index contributed by atoms with van der Waals surface area (Å²) in [6.07, 6.45) is 2.12. The highest BCUT2D eigenvalue weighted by atomic mass is 35.5. The maximum Gasteiger partial charge on any atom is 0.321 e. The number of carbonyl (C=O) groups is 1. The average molecular weight is 240 g/mol.